The number of halogens is 1. The molecule has 0 amide bonds. The van der Waals surface area contributed by atoms with Gasteiger partial charge in [-0.2, -0.15) is 5.10 Å². The molecule has 1 atom stereocenters. The number of hydrogen-bond donors (Lipinski definition) is 1. The van der Waals surface area contributed by atoms with Crippen molar-refractivity contribution >= 4 is 27.3 Å². The number of aromatic nitrogens is 2. The molecule has 5 heteroatoms. The molecule has 0 fully saturated rings. The van der Waals surface area contributed by atoms with E-state index < -0.39 is 0 Å². The third kappa shape index (κ3) is 2.39. The van der Waals surface area contributed by atoms with Crippen LogP contribution in [0.15, 0.2) is 22.1 Å². The van der Waals surface area contributed by atoms with E-state index >= 15 is 0 Å². The lowest BCUT2D eigenvalue weighted by Crippen LogP contribution is -2.24. The zero-order valence-electron chi connectivity index (χ0n) is 10.3. The van der Waals surface area contributed by atoms with Crippen LogP contribution in [0.4, 0.5) is 0 Å². The Morgan fingerprint density at radius 2 is 2.44 bits per heavy atom. The first-order chi connectivity index (χ1) is 8.74. The van der Waals surface area contributed by atoms with Crippen molar-refractivity contribution in [2.24, 2.45) is 7.05 Å². The average Bonchev–Trinajstić information content (AvgIpc) is 2.94. The molecule has 0 radical (unpaired) electrons. The van der Waals surface area contributed by atoms with Crippen molar-refractivity contribution in [3.63, 3.8) is 0 Å². The smallest absolute Gasteiger partial charge is 0.0701 e. The third-order valence-electron chi connectivity index (χ3n) is 3.53. The summed E-state index contributed by atoms with van der Waals surface area (Å²) in [5, 5.41) is 8.04. The molecular formula is C13H16BrN3S. The van der Waals surface area contributed by atoms with Crippen molar-refractivity contribution in [1.29, 1.82) is 0 Å². The summed E-state index contributed by atoms with van der Waals surface area (Å²) in [5.41, 5.74) is 2.78. The van der Waals surface area contributed by atoms with E-state index in [-0.39, 0.29) is 0 Å². The molecule has 96 valence electrons. The summed E-state index contributed by atoms with van der Waals surface area (Å²) >= 11 is 5.30. The van der Waals surface area contributed by atoms with Crippen molar-refractivity contribution < 1.29 is 0 Å². The summed E-state index contributed by atoms with van der Waals surface area (Å²) in [7, 11) is 2.04. The number of nitrogens with zero attached hydrogens (tertiary/aromatic N) is 2. The number of aryl methyl sites for hydroxylation is 1. The predicted octanol–water partition coefficient (Wildman–Crippen LogP) is 3.41. The lowest BCUT2D eigenvalue weighted by atomic mass is 9.93. The maximum Gasteiger partial charge on any atom is 0.0701 e. The van der Waals surface area contributed by atoms with Gasteiger partial charge in [0, 0.05) is 35.8 Å². The van der Waals surface area contributed by atoms with Crippen molar-refractivity contribution in [2.45, 2.75) is 31.8 Å². The normalized spacial score (nSPS) is 18.9. The van der Waals surface area contributed by atoms with Gasteiger partial charge < -0.3 is 5.32 Å². The van der Waals surface area contributed by atoms with Crippen LogP contribution in [0.25, 0.3) is 0 Å². The van der Waals surface area contributed by atoms with Gasteiger partial charge in [-0.3, -0.25) is 4.68 Å². The van der Waals surface area contributed by atoms with E-state index in [1.807, 2.05) is 17.9 Å². The van der Waals surface area contributed by atoms with Crippen molar-refractivity contribution in [3.05, 3.63) is 38.3 Å². The van der Waals surface area contributed by atoms with E-state index in [0.717, 1.165) is 13.0 Å². The molecule has 0 aromatic carbocycles. The van der Waals surface area contributed by atoms with E-state index in [4.69, 9.17) is 0 Å². The maximum absolute atomic E-state index is 4.38. The molecule has 0 spiro atoms. The zero-order chi connectivity index (χ0) is 12.5. The first-order valence-corrected chi connectivity index (χ1v) is 7.83. The topological polar surface area (TPSA) is 29.9 Å². The van der Waals surface area contributed by atoms with E-state index in [1.165, 1.54) is 32.8 Å². The molecule has 2 heterocycles. The van der Waals surface area contributed by atoms with Crippen LogP contribution in [0.2, 0.25) is 0 Å². The van der Waals surface area contributed by atoms with Gasteiger partial charge in [-0.1, -0.05) is 0 Å². The molecule has 0 saturated heterocycles. The minimum Gasteiger partial charge on any atom is -0.305 e. The van der Waals surface area contributed by atoms with Gasteiger partial charge in [0.2, 0.25) is 0 Å². The molecular weight excluding hydrogens is 310 g/mol. The molecule has 3 nitrogen and oxygen atoms in total. The number of nitrogens with one attached hydrogen (secondary N) is 1. The lowest BCUT2D eigenvalue weighted by molar-refractivity contribution is 0.453. The van der Waals surface area contributed by atoms with Crippen LogP contribution in [0.3, 0.4) is 0 Å². The van der Waals surface area contributed by atoms with Gasteiger partial charge in [0.15, 0.2) is 0 Å². The summed E-state index contributed by atoms with van der Waals surface area (Å²) < 4.78 is 3.22. The monoisotopic (exact) mass is 325 g/mol. The summed E-state index contributed by atoms with van der Waals surface area (Å²) in [5.74, 6) is 0. The fourth-order valence-electron chi connectivity index (χ4n) is 2.59. The highest BCUT2D eigenvalue weighted by molar-refractivity contribution is 9.11. The van der Waals surface area contributed by atoms with Gasteiger partial charge in [-0.15, -0.1) is 11.3 Å². The summed E-state index contributed by atoms with van der Waals surface area (Å²) in [6.07, 6.45) is 5.65. The van der Waals surface area contributed by atoms with Crippen LogP contribution < -0.4 is 5.32 Å². The van der Waals surface area contributed by atoms with Gasteiger partial charge in [-0.25, -0.2) is 0 Å². The van der Waals surface area contributed by atoms with Crippen LogP contribution in [-0.4, -0.2) is 9.78 Å². The highest BCUT2D eigenvalue weighted by Gasteiger charge is 2.22. The number of hydrogen-bond acceptors (Lipinski definition) is 3. The Labute approximate surface area is 119 Å². The van der Waals surface area contributed by atoms with Crippen LogP contribution >= 0.6 is 27.3 Å². The standard InChI is InChI=1S/C13H16BrN3S/c1-17-12-4-2-3-11(10(12)8-16-17)15-7-9-5-6-13(14)18-9/h5-6,8,11,15H,2-4,7H2,1H3/t11-/m1/s1. The molecule has 2 aromatic rings. The highest BCUT2D eigenvalue weighted by atomic mass is 79.9. The second kappa shape index (κ2) is 5.15. The Balaban J connectivity index is 1.71. The third-order valence-corrected chi connectivity index (χ3v) is 5.15. The van der Waals surface area contributed by atoms with Crippen LogP contribution in [0.1, 0.15) is 35.0 Å². The molecule has 3 rings (SSSR count). The van der Waals surface area contributed by atoms with Gasteiger partial charge in [-0.05, 0) is 47.3 Å². The second-order valence-electron chi connectivity index (χ2n) is 4.70. The summed E-state index contributed by atoms with van der Waals surface area (Å²) in [4.78, 5) is 1.37. The van der Waals surface area contributed by atoms with Crippen molar-refractivity contribution in [2.75, 3.05) is 0 Å². The Morgan fingerprint density at radius 3 is 3.22 bits per heavy atom. The quantitative estimate of drug-likeness (QED) is 0.937. The molecule has 1 aliphatic rings. The molecule has 1 N–H and O–H groups in total. The fraction of sp³-hybridized carbons (Fsp3) is 0.462. The zero-order valence-corrected chi connectivity index (χ0v) is 12.7. The number of fused-ring (bicyclic) bond motifs is 1. The summed E-state index contributed by atoms with van der Waals surface area (Å²) in [6, 6.07) is 4.75. The minimum atomic E-state index is 0.461. The molecule has 0 saturated carbocycles. The fourth-order valence-corrected chi connectivity index (χ4v) is 4.02. The van der Waals surface area contributed by atoms with E-state index in [2.05, 4.69) is 38.5 Å². The molecule has 2 aromatic heterocycles. The lowest BCUT2D eigenvalue weighted by Gasteiger charge is -2.23. The maximum atomic E-state index is 4.38. The first kappa shape index (κ1) is 12.4. The van der Waals surface area contributed by atoms with Gasteiger partial charge in [0.25, 0.3) is 0 Å². The van der Waals surface area contributed by atoms with Gasteiger partial charge >= 0.3 is 0 Å². The first-order valence-electron chi connectivity index (χ1n) is 6.22. The molecule has 1 aliphatic carbocycles. The second-order valence-corrected chi connectivity index (χ2v) is 7.25. The van der Waals surface area contributed by atoms with Gasteiger partial charge in [0.05, 0.1) is 9.98 Å². The van der Waals surface area contributed by atoms with E-state index in [9.17, 15) is 0 Å². The molecule has 18 heavy (non-hydrogen) atoms. The molecule has 0 aliphatic heterocycles. The van der Waals surface area contributed by atoms with Crippen molar-refractivity contribution in [3.8, 4) is 0 Å². The van der Waals surface area contributed by atoms with Crippen LogP contribution in [0.5, 0.6) is 0 Å². The molecule has 0 bridgehead atoms. The van der Waals surface area contributed by atoms with E-state index in [0.29, 0.717) is 6.04 Å². The number of rotatable bonds is 3. The average molecular weight is 326 g/mol. The Morgan fingerprint density at radius 1 is 1.56 bits per heavy atom. The van der Waals surface area contributed by atoms with Gasteiger partial charge in [0.1, 0.15) is 0 Å². The number of thiophene rings is 1. The van der Waals surface area contributed by atoms with Crippen LogP contribution in [-0.2, 0) is 20.0 Å². The highest BCUT2D eigenvalue weighted by Crippen LogP contribution is 2.30. The van der Waals surface area contributed by atoms with Crippen molar-refractivity contribution in [1.82, 2.24) is 15.1 Å². The Kier molecular flexibility index (Phi) is 3.54. The minimum absolute atomic E-state index is 0.461. The Bertz CT molecular complexity index is 546. The molecule has 0 unspecified atom stereocenters. The Hall–Kier alpha value is -0.650. The summed E-state index contributed by atoms with van der Waals surface area (Å²) in [6.45, 7) is 0.940. The SMILES string of the molecule is Cn1ncc2c1CCC[C@H]2NCc1ccc(Br)s1. The van der Waals surface area contributed by atoms with Crippen LogP contribution in [0, 0.1) is 0 Å². The predicted molar refractivity (Wildman–Crippen MR) is 77.7 cm³/mol. The van der Waals surface area contributed by atoms with E-state index in [1.54, 1.807) is 11.3 Å². The largest absolute Gasteiger partial charge is 0.305 e.